The highest BCUT2D eigenvalue weighted by molar-refractivity contribution is 5.94. The van der Waals surface area contributed by atoms with Crippen LogP contribution in [0.25, 0.3) is 0 Å². The Bertz CT molecular complexity index is 530. The van der Waals surface area contributed by atoms with Gasteiger partial charge in [0.1, 0.15) is 5.75 Å². The van der Waals surface area contributed by atoms with E-state index < -0.39 is 25.1 Å². The van der Waals surface area contributed by atoms with Crippen LogP contribution in [0.2, 0.25) is 0 Å². The van der Waals surface area contributed by atoms with Crippen LogP contribution in [-0.4, -0.2) is 37.8 Å². The zero-order chi connectivity index (χ0) is 16.4. The van der Waals surface area contributed by atoms with Crippen molar-refractivity contribution in [3.05, 3.63) is 24.3 Å². The molecule has 0 bridgehead atoms. The van der Waals surface area contributed by atoms with E-state index in [-0.39, 0.29) is 11.8 Å². The Kier molecular flexibility index (Phi) is 4.43. The fourth-order valence-electron chi connectivity index (χ4n) is 1.88. The average Bonchev–Trinajstić information content (AvgIpc) is 2.84. The van der Waals surface area contributed by atoms with Crippen LogP contribution in [0.15, 0.2) is 24.3 Å². The van der Waals surface area contributed by atoms with Gasteiger partial charge in [-0.15, -0.1) is 0 Å². The Hall–Kier alpha value is -2.06. The van der Waals surface area contributed by atoms with Gasteiger partial charge in [-0.2, -0.15) is 22.0 Å². The number of anilines is 1. The molecule has 0 atom stereocenters. The number of rotatable bonds is 5. The molecule has 2 amide bonds. The highest BCUT2D eigenvalue weighted by Crippen LogP contribution is 2.38. The maximum Gasteiger partial charge on any atom is 0.453 e. The third-order valence-electron chi connectivity index (χ3n) is 3.10. The summed E-state index contributed by atoms with van der Waals surface area (Å²) >= 11 is 0. The Balaban J connectivity index is 1.88. The van der Waals surface area contributed by atoms with Gasteiger partial charge in [0.05, 0.1) is 13.0 Å². The maximum absolute atomic E-state index is 12.7. The number of nitrogens with one attached hydrogen (secondary N) is 1. The van der Waals surface area contributed by atoms with Gasteiger partial charge in [0.2, 0.25) is 0 Å². The second-order valence-corrected chi connectivity index (χ2v) is 4.68. The minimum Gasteiger partial charge on any atom is -0.493 e. The van der Waals surface area contributed by atoms with E-state index in [1.165, 1.54) is 29.2 Å². The minimum absolute atomic E-state index is 0.154. The van der Waals surface area contributed by atoms with E-state index in [2.05, 4.69) is 5.32 Å². The van der Waals surface area contributed by atoms with Crippen molar-refractivity contribution in [2.75, 3.05) is 24.6 Å². The summed E-state index contributed by atoms with van der Waals surface area (Å²) in [6, 6.07) is 5.63. The van der Waals surface area contributed by atoms with E-state index in [1.54, 1.807) is 0 Å². The number of carbonyl (C=O) groups excluding carboxylic acids is 1. The molecule has 22 heavy (non-hydrogen) atoms. The van der Waals surface area contributed by atoms with Crippen molar-refractivity contribution in [2.24, 2.45) is 0 Å². The zero-order valence-electron chi connectivity index (χ0n) is 11.3. The highest BCUT2D eigenvalue weighted by Gasteiger charge is 2.56. The molecule has 1 aromatic carbocycles. The van der Waals surface area contributed by atoms with Crippen LogP contribution in [0.1, 0.15) is 6.42 Å². The Morgan fingerprint density at radius 3 is 2.27 bits per heavy atom. The molecule has 1 heterocycles. The summed E-state index contributed by atoms with van der Waals surface area (Å²) < 4.78 is 66.2. The number of carbonyl (C=O) groups is 1. The fourth-order valence-corrected chi connectivity index (χ4v) is 1.88. The fraction of sp³-hybridized carbons (Fsp3) is 0.462. The molecule has 0 saturated carbocycles. The second-order valence-electron chi connectivity index (χ2n) is 4.68. The Morgan fingerprint density at radius 1 is 1.14 bits per heavy atom. The van der Waals surface area contributed by atoms with Crippen molar-refractivity contribution in [2.45, 2.75) is 18.5 Å². The Morgan fingerprint density at radius 2 is 1.77 bits per heavy atom. The summed E-state index contributed by atoms with van der Waals surface area (Å²) in [5, 5.41) is 2.61. The molecule has 122 valence electrons. The van der Waals surface area contributed by atoms with Crippen LogP contribution in [0.5, 0.6) is 5.75 Å². The number of alkyl halides is 5. The van der Waals surface area contributed by atoms with Gasteiger partial charge < -0.3 is 10.1 Å². The largest absolute Gasteiger partial charge is 0.493 e. The van der Waals surface area contributed by atoms with Crippen molar-refractivity contribution in [3.8, 4) is 5.75 Å². The first-order chi connectivity index (χ1) is 10.2. The summed E-state index contributed by atoms with van der Waals surface area (Å²) in [7, 11) is 0. The van der Waals surface area contributed by atoms with Crippen molar-refractivity contribution < 1.29 is 31.5 Å². The molecular formula is C13H13F5N2O2. The van der Waals surface area contributed by atoms with Gasteiger partial charge in [-0.3, -0.25) is 4.90 Å². The van der Waals surface area contributed by atoms with E-state index in [4.69, 9.17) is 4.74 Å². The predicted octanol–water partition coefficient (Wildman–Crippen LogP) is 3.18. The lowest BCUT2D eigenvalue weighted by molar-refractivity contribution is -0.285. The quantitative estimate of drug-likeness (QED) is 0.845. The van der Waals surface area contributed by atoms with Crippen LogP contribution < -0.4 is 15.0 Å². The molecule has 0 aliphatic carbocycles. The Labute approximate surface area is 122 Å². The van der Waals surface area contributed by atoms with Gasteiger partial charge in [0, 0.05) is 18.8 Å². The number of ether oxygens (including phenoxy) is 1. The summed E-state index contributed by atoms with van der Waals surface area (Å²) in [6.07, 6.45) is -7.03. The number of hydrogen-bond donors (Lipinski definition) is 1. The molecule has 0 unspecified atom stereocenters. The van der Waals surface area contributed by atoms with Gasteiger partial charge in [-0.25, -0.2) is 4.79 Å². The standard InChI is InChI=1S/C13H13F5N2O2/c14-12(15,13(16,17)18)5-8-22-10-3-1-9(2-4-10)20-7-6-19-11(20)21/h1-4H,5-8H2,(H,19,21). The summed E-state index contributed by atoms with van der Waals surface area (Å²) in [4.78, 5) is 12.9. The smallest absolute Gasteiger partial charge is 0.453 e. The van der Waals surface area contributed by atoms with Crippen LogP contribution in [0.3, 0.4) is 0 Å². The van der Waals surface area contributed by atoms with Crippen LogP contribution in [0, 0.1) is 0 Å². The normalized spacial score (nSPS) is 15.9. The first-order valence-corrected chi connectivity index (χ1v) is 6.43. The number of halogens is 5. The molecule has 0 aromatic heterocycles. The molecule has 1 aromatic rings. The molecule has 0 radical (unpaired) electrons. The summed E-state index contributed by atoms with van der Waals surface area (Å²) in [5.41, 5.74) is 0.586. The number of hydrogen-bond acceptors (Lipinski definition) is 2. The van der Waals surface area contributed by atoms with Gasteiger partial charge in [0.15, 0.2) is 0 Å². The third kappa shape index (κ3) is 3.58. The average molecular weight is 324 g/mol. The van der Waals surface area contributed by atoms with Crippen LogP contribution in [-0.2, 0) is 0 Å². The number of urea groups is 1. The summed E-state index contributed by atoms with van der Waals surface area (Å²) in [5.74, 6) is -4.62. The monoisotopic (exact) mass is 324 g/mol. The molecule has 1 aliphatic rings. The van der Waals surface area contributed by atoms with Crippen molar-refractivity contribution >= 4 is 11.7 Å². The van der Waals surface area contributed by atoms with Gasteiger partial charge in [-0.05, 0) is 24.3 Å². The van der Waals surface area contributed by atoms with Gasteiger partial charge in [-0.1, -0.05) is 0 Å². The van der Waals surface area contributed by atoms with E-state index in [1.807, 2.05) is 0 Å². The molecule has 1 fully saturated rings. The molecule has 0 spiro atoms. The van der Waals surface area contributed by atoms with E-state index in [0.717, 1.165) is 0 Å². The second kappa shape index (κ2) is 5.98. The molecular weight excluding hydrogens is 311 g/mol. The molecule has 2 rings (SSSR count). The lowest BCUT2D eigenvalue weighted by Crippen LogP contribution is -2.37. The first-order valence-electron chi connectivity index (χ1n) is 6.43. The number of benzene rings is 1. The van der Waals surface area contributed by atoms with Crippen LogP contribution in [0.4, 0.5) is 32.4 Å². The molecule has 9 heteroatoms. The predicted molar refractivity (Wildman–Crippen MR) is 68.3 cm³/mol. The minimum atomic E-state index is -5.58. The SMILES string of the molecule is O=C1NCCN1c1ccc(OCCC(F)(F)C(F)(F)F)cc1. The van der Waals surface area contributed by atoms with E-state index >= 15 is 0 Å². The van der Waals surface area contributed by atoms with Gasteiger partial charge in [0.25, 0.3) is 0 Å². The number of amides is 2. The maximum atomic E-state index is 12.7. The first kappa shape index (κ1) is 16.3. The lowest BCUT2D eigenvalue weighted by atomic mass is 10.2. The summed E-state index contributed by atoms with van der Waals surface area (Å²) in [6.45, 7) is 0.247. The van der Waals surface area contributed by atoms with Crippen molar-refractivity contribution in [3.63, 3.8) is 0 Å². The van der Waals surface area contributed by atoms with E-state index in [9.17, 15) is 26.7 Å². The molecule has 4 nitrogen and oxygen atoms in total. The third-order valence-corrected chi connectivity index (χ3v) is 3.10. The zero-order valence-corrected chi connectivity index (χ0v) is 11.3. The molecule has 1 saturated heterocycles. The topological polar surface area (TPSA) is 41.6 Å². The number of nitrogens with zero attached hydrogens (tertiary/aromatic N) is 1. The molecule has 1 N–H and O–H groups in total. The van der Waals surface area contributed by atoms with Crippen molar-refractivity contribution in [1.82, 2.24) is 5.32 Å². The lowest BCUT2D eigenvalue weighted by Gasteiger charge is -2.19. The van der Waals surface area contributed by atoms with Crippen molar-refractivity contribution in [1.29, 1.82) is 0 Å². The molecule has 1 aliphatic heterocycles. The van der Waals surface area contributed by atoms with Gasteiger partial charge >= 0.3 is 18.1 Å². The van der Waals surface area contributed by atoms with E-state index in [0.29, 0.717) is 18.8 Å². The van der Waals surface area contributed by atoms with Crippen LogP contribution >= 0.6 is 0 Å². The highest BCUT2D eigenvalue weighted by atomic mass is 19.4.